The molecular weight excluding hydrogens is 502 g/mol. The van der Waals surface area contributed by atoms with E-state index in [0.717, 1.165) is 9.71 Å². The topological polar surface area (TPSA) is 156 Å². The third-order valence-electron chi connectivity index (χ3n) is 6.79. The highest BCUT2D eigenvalue weighted by Gasteiger charge is 2.60. The predicted molar refractivity (Wildman–Crippen MR) is 131 cm³/mol. The fourth-order valence-electron chi connectivity index (χ4n) is 5.05. The van der Waals surface area contributed by atoms with Gasteiger partial charge in [-0.3, -0.25) is 24.1 Å². The average molecular weight is 526 g/mol. The number of nitro groups is 1. The van der Waals surface area contributed by atoms with E-state index in [0.29, 0.717) is 23.4 Å². The minimum Gasteiger partial charge on any atom is -0.456 e. The van der Waals surface area contributed by atoms with E-state index in [2.05, 4.69) is 10.3 Å². The van der Waals surface area contributed by atoms with Crippen LogP contribution in [-0.4, -0.2) is 54.7 Å². The number of amides is 2. The summed E-state index contributed by atoms with van der Waals surface area (Å²) in [7, 11) is 0. The van der Waals surface area contributed by atoms with Gasteiger partial charge in [-0.1, -0.05) is 6.92 Å². The van der Waals surface area contributed by atoms with Crippen molar-refractivity contribution in [3.8, 4) is 0 Å². The maximum absolute atomic E-state index is 13.4. The smallest absolute Gasteiger partial charge is 0.355 e. The molecule has 0 bridgehead atoms. The number of benzene rings is 1. The van der Waals surface area contributed by atoms with Gasteiger partial charge in [-0.25, -0.2) is 9.78 Å². The lowest BCUT2D eigenvalue weighted by Gasteiger charge is -2.46. The van der Waals surface area contributed by atoms with Gasteiger partial charge >= 0.3 is 5.97 Å². The minimum absolute atomic E-state index is 0.0748. The monoisotopic (exact) mass is 525 g/mol. The Hall–Kier alpha value is -4.10. The number of β-lactam (4-membered cyclic amide) rings is 1. The summed E-state index contributed by atoms with van der Waals surface area (Å²) >= 11 is 1.39. The zero-order valence-corrected chi connectivity index (χ0v) is 20.7. The van der Waals surface area contributed by atoms with Gasteiger partial charge in [0.25, 0.3) is 5.69 Å². The van der Waals surface area contributed by atoms with Gasteiger partial charge in [0.05, 0.1) is 40.6 Å². The molecule has 37 heavy (non-hydrogen) atoms. The number of hydrogen-bond donors (Lipinski definition) is 2. The van der Waals surface area contributed by atoms with Crippen LogP contribution in [0.15, 0.2) is 42.4 Å². The molecule has 0 spiro atoms. The number of nitrogens with one attached hydrogen (secondary N) is 1. The first kappa shape index (κ1) is 24.6. The lowest BCUT2D eigenvalue weighted by Crippen LogP contribution is -2.63. The van der Waals surface area contributed by atoms with Crippen LogP contribution in [0.1, 0.15) is 30.1 Å². The van der Waals surface area contributed by atoms with Crippen molar-refractivity contribution in [1.82, 2.24) is 19.6 Å². The van der Waals surface area contributed by atoms with E-state index >= 15 is 0 Å². The molecule has 192 valence electrons. The summed E-state index contributed by atoms with van der Waals surface area (Å²) in [4.78, 5) is 54.7. The van der Waals surface area contributed by atoms with Crippen LogP contribution in [0.2, 0.25) is 0 Å². The Labute approximate surface area is 214 Å². The SMILES string of the molecule is C[C@@H](O)[C@H]1C(=O)N2C(C(=O)OCc3ccc([N+](=O)[O-])cc3)=C(c3cn4c(CNC=O)ncc4s3)[C@H](C)[C@H]12. The maximum atomic E-state index is 13.4. The van der Waals surface area contributed by atoms with Crippen LogP contribution >= 0.6 is 11.3 Å². The van der Waals surface area contributed by atoms with Crippen LogP contribution < -0.4 is 5.32 Å². The Bertz CT molecular complexity index is 1440. The fourth-order valence-corrected chi connectivity index (χ4v) is 6.19. The average Bonchev–Trinajstić information content (AvgIpc) is 3.51. The zero-order chi connectivity index (χ0) is 26.4. The molecule has 2 aliphatic rings. The molecular formula is C24H23N5O7S. The molecule has 12 nitrogen and oxygen atoms in total. The van der Waals surface area contributed by atoms with Crippen molar-refractivity contribution in [1.29, 1.82) is 0 Å². The number of fused-ring (bicyclic) bond motifs is 2. The second kappa shape index (κ2) is 9.41. The summed E-state index contributed by atoms with van der Waals surface area (Å²) in [5.74, 6) is -1.32. The number of rotatable bonds is 9. The first-order chi connectivity index (χ1) is 17.7. The Balaban J connectivity index is 1.49. The summed E-state index contributed by atoms with van der Waals surface area (Å²) in [6, 6.07) is 5.27. The van der Waals surface area contributed by atoms with E-state index < -0.39 is 22.9 Å². The Kier molecular flexibility index (Phi) is 6.25. The predicted octanol–water partition coefficient (Wildman–Crippen LogP) is 1.86. The lowest BCUT2D eigenvalue weighted by atomic mass is 9.77. The molecule has 5 rings (SSSR count). The van der Waals surface area contributed by atoms with E-state index in [1.54, 1.807) is 13.1 Å². The molecule has 2 N–H and O–H groups in total. The molecule has 0 aliphatic carbocycles. The van der Waals surface area contributed by atoms with Crippen molar-refractivity contribution < 1.29 is 29.2 Å². The van der Waals surface area contributed by atoms with E-state index in [1.807, 2.05) is 17.5 Å². The van der Waals surface area contributed by atoms with Crippen LogP contribution in [0.25, 0.3) is 10.4 Å². The number of nitrogens with zero attached hydrogens (tertiary/aromatic N) is 4. The number of aromatic nitrogens is 2. The van der Waals surface area contributed by atoms with Gasteiger partial charge in [0, 0.05) is 29.8 Å². The van der Waals surface area contributed by atoms with Gasteiger partial charge in [0.15, 0.2) is 0 Å². The van der Waals surface area contributed by atoms with Crippen LogP contribution in [0.3, 0.4) is 0 Å². The van der Waals surface area contributed by atoms with Gasteiger partial charge in [0.2, 0.25) is 12.3 Å². The van der Waals surface area contributed by atoms with Crippen molar-refractivity contribution in [2.45, 2.75) is 39.1 Å². The molecule has 0 radical (unpaired) electrons. The van der Waals surface area contributed by atoms with E-state index in [4.69, 9.17) is 4.74 Å². The Morgan fingerprint density at radius 2 is 2.11 bits per heavy atom. The fraction of sp³-hybridized carbons (Fsp3) is 0.333. The number of ether oxygens (including phenoxy) is 1. The summed E-state index contributed by atoms with van der Waals surface area (Å²) < 4.78 is 7.37. The first-order valence-electron chi connectivity index (χ1n) is 11.5. The third-order valence-corrected chi connectivity index (χ3v) is 7.85. The summed E-state index contributed by atoms with van der Waals surface area (Å²) in [5.41, 5.74) is 1.25. The number of carbonyl (C=O) groups is 3. The van der Waals surface area contributed by atoms with Gasteiger partial charge in [-0.2, -0.15) is 0 Å². The number of nitro benzene ring substituents is 1. The van der Waals surface area contributed by atoms with Gasteiger partial charge in [0.1, 0.15) is 23.0 Å². The van der Waals surface area contributed by atoms with Crippen molar-refractivity contribution in [3.05, 3.63) is 68.7 Å². The molecule has 4 atom stereocenters. The quantitative estimate of drug-likeness (QED) is 0.141. The minimum atomic E-state index is -0.878. The molecule has 4 heterocycles. The largest absolute Gasteiger partial charge is 0.456 e. The lowest BCUT2D eigenvalue weighted by molar-refractivity contribution is -0.384. The molecule has 0 unspecified atom stereocenters. The van der Waals surface area contributed by atoms with E-state index in [9.17, 15) is 29.6 Å². The van der Waals surface area contributed by atoms with E-state index in [-0.39, 0.29) is 42.4 Å². The number of carbonyl (C=O) groups excluding carboxylic acids is 3. The van der Waals surface area contributed by atoms with Crippen molar-refractivity contribution >= 4 is 45.7 Å². The molecule has 1 aromatic carbocycles. The van der Waals surface area contributed by atoms with Crippen molar-refractivity contribution in [2.24, 2.45) is 11.8 Å². The number of aliphatic hydroxyl groups excluding tert-OH is 1. The molecule has 0 saturated carbocycles. The number of non-ortho nitro benzene ring substituents is 1. The van der Waals surface area contributed by atoms with Gasteiger partial charge in [-0.05, 0) is 24.6 Å². The first-order valence-corrected chi connectivity index (χ1v) is 12.3. The number of imidazole rings is 1. The maximum Gasteiger partial charge on any atom is 0.355 e. The van der Waals surface area contributed by atoms with Crippen molar-refractivity contribution in [2.75, 3.05) is 0 Å². The standard InChI is InChI=1S/C24H23N5O7S/c1-12-19(16-9-27-17(7-25-11-30)26-8-18(27)37-16)22(28-21(12)20(13(2)31)23(28)32)24(33)36-10-14-3-5-15(6-4-14)29(34)35/h3-6,8-9,11-13,20-21,31H,7,10H2,1-2H3,(H,25,30)/t12-,13+,20+,21+/m0/s1. The Morgan fingerprint density at radius 3 is 2.76 bits per heavy atom. The zero-order valence-electron chi connectivity index (χ0n) is 19.9. The molecule has 1 saturated heterocycles. The Morgan fingerprint density at radius 1 is 1.38 bits per heavy atom. The van der Waals surface area contributed by atoms with Crippen LogP contribution in [0.4, 0.5) is 5.69 Å². The van der Waals surface area contributed by atoms with Crippen LogP contribution in [-0.2, 0) is 32.3 Å². The summed E-state index contributed by atoms with van der Waals surface area (Å²) in [5, 5.41) is 23.7. The molecule has 13 heteroatoms. The highest BCUT2D eigenvalue weighted by atomic mass is 32.1. The molecule has 3 aromatic rings. The number of thiazole rings is 1. The van der Waals surface area contributed by atoms with Crippen molar-refractivity contribution in [3.63, 3.8) is 0 Å². The summed E-state index contributed by atoms with van der Waals surface area (Å²) in [6.45, 7) is 3.56. The highest BCUT2D eigenvalue weighted by molar-refractivity contribution is 7.18. The van der Waals surface area contributed by atoms with Crippen LogP contribution in [0.5, 0.6) is 0 Å². The molecule has 2 aromatic heterocycles. The van der Waals surface area contributed by atoms with Gasteiger partial charge in [-0.15, -0.1) is 11.3 Å². The molecule has 2 aliphatic heterocycles. The number of hydrogen-bond acceptors (Lipinski definition) is 9. The normalized spacial score (nSPS) is 21.5. The number of aliphatic hydroxyl groups is 1. The molecule has 2 amide bonds. The number of esters is 1. The highest BCUT2D eigenvalue weighted by Crippen LogP contribution is 2.51. The van der Waals surface area contributed by atoms with Gasteiger partial charge < -0.3 is 20.1 Å². The summed E-state index contributed by atoms with van der Waals surface area (Å²) in [6.07, 6.45) is 3.19. The second-order valence-corrected chi connectivity index (χ2v) is 10.1. The molecule has 1 fully saturated rings. The van der Waals surface area contributed by atoms with E-state index in [1.165, 1.54) is 40.5 Å². The second-order valence-electron chi connectivity index (χ2n) is 8.99. The third kappa shape index (κ3) is 4.05. The van der Waals surface area contributed by atoms with Crippen LogP contribution in [0, 0.1) is 22.0 Å².